The Labute approximate surface area is 221 Å². The predicted molar refractivity (Wildman–Crippen MR) is 151 cm³/mol. The highest BCUT2D eigenvalue weighted by Gasteiger charge is 2.52. The van der Waals surface area contributed by atoms with E-state index in [0.29, 0.717) is 13.2 Å². The molecule has 0 N–H and O–H groups in total. The van der Waals surface area contributed by atoms with E-state index >= 15 is 0 Å². The minimum atomic E-state index is -2.82. The Morgan fingerprint density at radius 3 is 1.92 bits per heavy atom. The molecule has 5 nitrogen and oxygen atoms in total. The maximum atomic E-state index is 12.7. The van der Waals surface area contributed by atoms with Gasteiger partial charge >= 0.3 is 0 Å². The number of rotatable bonds is 8. The van der Waals surface area contributed by atoms with E-state index in [1.807, 2.05) is 47.4 Å². The fourth-order valence-corrected chi connectivity index (χ4v) is 9.82. The van der Waals surface area contributed by atoms with Crippen LogP contribution in [0.5, 0.6) is 11.5 Å². The molecule has 1 aliphatic rings. The van der Waals surface area contributed by atoms with Crippen LogP contribution in [0.3, 0.4) is 0 Å². The minimum absolute atomic E-state index is 0.00345. The fraction of sp³-hybridized carbons (Fsp3) is 0.323. The molecule has 37 heavy (non-hydrogen) atoms. The van der Waals surface area contributed by atoms with Crippen molar-refractivity contribution in [2.75, 3.05) is 20.3 Å². The number of ether oxygens (including phenoxy) is 2. The van der Waals surface area contributed by atoms with Gasteiger partial charge in [0.05, 0.1) is 19.3 Å². The van der Waals surface area contributed by atoms with Crippen molar-refractivity contribution in [2.45, 2.75) is 44.9 Å². The second-order valence-electron chi connectivity index (χ2n) is 10.4. The van der Waals surface area contributed by atoms with E-state index in [1.165, 1.54) is 10.4 Å². The third-order valence-electron chi connectivity index (χ3n) is 7.02. The molecule has 0 unspecified atom stereocenters. The number of nitrogens with zero attached hydrogens (tertiary/aromatic N) is 1. The number of amides is 1. The molecule has 0 saturated carbocycles. The normalized spacial score (nSPS) is 17.9. The van der Waals surface area contributed by atoms with Crippen LogP contribution in [0.15, 0.2) is 97.1 Å². The van der Waals surface area contributed by atoms with Gasteiger partial charge < -0.3 is 18.8 Å². The SMILES string of the molecule is COc1ccc(OC[C@@H]2[C@@H](O[Si](c3ccccc3)(c3ccccc3)C(C)(C)C)C=CCN2C(C)=O)cc1. The summed E-state index contributed by atoms with van der Waals surface area (Å²) in [6.07, 6.45) is 3.82. The van der Waals surface area contributed by atoms with Gasteiger partial charge in [0.1, 0.15) is 18.1 Å². The van der Waals surface area contributed by atoms with Crippen molar-refractivity contribution in [1.82, 2.24) is 4.90 Å². The minimum Gasteiger partial charge on any atom is -0.497 e. The van der Waals surface area contributed by atoms with Crippen LogP contribution < -0.4 is 19.8 Å². The van der Waals surface area contributed by atoms with E-state index in [2.05, 4.69) is 75.4 Å². The van der Waals surface area contributed by atoms with E-state index in [9.17, 15) is 4.79 Å². The molecule has 0 bridgehead atoms. The van der Waals surface area contributed by atoms with Gasteiger partial charge in [0.15, 0.2) is 0 Å². The standard InChI is InChI=1S/C31H37NO4Si/c1-24(33)32-22-12-17-30(29(32)23-35-26-20-18-25(34-5)19-21-26)36-37(31(2,3)4,27-13-8-6-9-14-27)28-15-10-7-11-16-28/h6-21,29-30H,22-23H2,1-5H3/t29-,30+/m1/s1. The first-order chi connectivity index (χ1) is 17.8. The Hall–Kier alpha value is -3.35. The average molecular weight is 516 g/mol. The van der Waals surface area contributed by atoms with Crippen LogP contribution >= 0.6 is 0 Å². The number of carbonyl (C=O) groups excluding carboxylic acids is 1. The summed E-state index contributed by atoms with van der Waals surface area (Å²) in [5, 5.41) is 2.23. The summed E-state index contributed by atoms with van der Waals surface area (Å²) in [5.41, 5.74) is 0. The summed E-state index contributed by atoms with van der Waals surface area (Å²) in [7, 11) is -1.18. The maximum Gasteiger partial charge on any atom is 0.261 e. The first kappa shape index (κ1) is 26.7. The number of hydrogen-bond donors (Lipinski definition) is 0. The average Bonchev–Trinajstić information content (AvgIpc) is 2.91. The number of methoxy groups -OCH3 is 1. The first-order valence-corrected chi connectivity index (χ1v) is 14.7. The van der Waals surface area contributed by atoms with Crippen molar-refractivity contribution < 1.29 is 18.7 Å². The topological polar surface area (TPSA) is 48.0 Å². The summed E-state index contributed by atoms with van der Waals surface area (Å²) in [6, 6.07) is 28.4. The molecule has 4 rings (SSSR count). The fourth-order valence-electron chi connectivity index (χ4n) is 5.16. The lowest BCUT2D eigenvalue weighted by Crippen LogP contribution is -2.69. The Kier molecular flexibility index (Phi) is 8.20. The van der Waals surface area contributed by atoms with Crippen molar-refractivity contribution in [1.29, 1.82) is 0 Å². The largest absolute Gasteiger partial charge is 0.497 e. The zero-order valence-electron chi connectivity index (χ0n) is 22.4. The second kappa shape index (κ2) is 11.4. The van der Waals surface area contributed by atoms with E-state index in [0.717, 1.165) is 11.5 Å². The van der Waals surface area contributed by atoms with Crippen LogP contribution in [0, 0.1) is 0 Å². The Bertz CT molecular complexity index is 1150. The molecule has 1 aliphatic heterocycles. The molecule has 3 aromatic carbocycles. The third kappa shape index (κ3) is 5.65. The number of benzene rings is 3. The van der Waals surface area contributed by atoms with Gasteiger partial charge in [-0.3, -0.25) is 4.79 Å². The Balaban J connectivity index is 1.74. The molecular weight excluding hydrogens is 478 g/mol. The molecule has 6 heteroatoms. The summed E-state index contributed by atoms with van der Waals surface area (Å²) in [4.78, 5) is 14.6. The summed E-state index contributed by atoms with van der Waals surface area (Å²) in [6.45, 7) is 9.25. The van der Waals surface area contributed by atoms with Crippen molar-refractivity contribution in [3.8, 4) is 11.5 Å². The Morgan fingerprint density at radius 1 is 0.892 bits per heavy atom. The lowest BCUT2D eigenvalue weighted by Gasteiger charge is -2.48. The van der Waals surface area contributed by atoms with E-state index in [1.54, 1.807) is 14.0 Å². The number of hydrogen-bond acceptors (Lipinski definition) is 4. The summed E-state index contributed by atoms with van der Waals surface area (Å²) in [5.74, 6) is 1.50. The highest BCUT2D eigenvalue weighted by atomic mass is 28.4. The zero-order chi connectivity index (χ0) is 26.5. The second-order valence-corrected chi connectivity index (χ2v) is 14.7. The van der Waals surface area contributed by atoms with Gasteiger partial charge in [-0.2, -0.15) is 0 Å². The Morgan fingerprint density at radius 2 is 1.43 bits per heavy atom. The van der Waals surface area contributed by atoms with Gasteiger partial charge in [-0.25, -0.2) is 0 Å². The van der Waals surface area contributed by atoms with E-state index in [4.69, 9.17) is 13.9 Å². The van der Waals surface area contributed by atoms with Crippen LogP contribution in [0.2, 0.25) is 5.04 Å². The molecule has 0 aliphatic carbocycles. The maximum absolute atomic E-state index is 12.7. The predicted octanol–water partition coefficient (Wildman–Crippen LogP) is 4.81. The molecule has 1 heterocycles. The molecule has 0 fully saturated rings. The first-order valence-electron chi connectivity index (χ1n) is 12.8. The molecule has 0 aromatic heterocycles. The molecule has 0 saturated heterocycles. The van der Waals surface area contributed by atoms with Gasteiger partial charge in [0.25, 0.3) is 8.32 Å². The molecule has 3 aromatic rings. The molecule has 1 amide bonds. The lowest BCUT2D eigenvalue weighted by atomic mass is 10.1. The smallest absolute Gasteiger partial charge is 0.261 e. The van der Waals surface area contributed by atoms with Gasteiger partial charge in [0.2, 0.25) is 5.91 Å². The van der Waals surface area contributed by atoms with Crippen molar-refractivity contribution in [3.05, 3.63) is 97.1 Å². The molecule has 194 valence electrons. The van der Waals surface area contributed by atoms with E-state index in [-0.39, 0.29) is 23.1 Å². The lowest BCUT2D eigenvalue weighted by molar-refractivity contribution is -0.133. The summed E-state index contributed by atoms with van der Waals surface area (Å²) >= 11 is 0. The van der Waals surface area contributed by atoms with E-state index < -0.39 is 8.32 Å². The molecule has 0 spiro atoms. The quantitative estimate of drug-likeness (QED) is 0.319. The van der Waals surface area contributed by atoms with Crippen LogP contribution in [0.4, 0.5) is 0 Å². The van der Waals surface area contributed by atoms with Crippen molar-refractivity contribution >= 4 is 24.6 Å². The molecule has 2 atom stereocenters. The van der Waals surface area contributed by atoms with Gasteiger partial charge in [-0.15, -0.1) is 0 Å². The third-order valence-corrected chi connectivity index (χ3v) is 12.1. The van der Waals surface area contributed by atoms with Crippen molar-refractivity contribution in [3.63, 3.8) is 0 Å². The summed E-state index contributed by atoms with van der Waals surface area (Å²) < 4.78 is 18.9. The van der Waals surface area contributed by atoms with Crippen LogP contribution in [0.1, 0.15) is 27.7 Å². The van der Waals surface area contributed by atoms with Crippen LogP contribution in [-0.2, 0) is 9.22 Å². The zero-order valence-corrected chi connectivity index (χ0v) is 23.4. The molecular formula is C31H37NO4Si. The monoisotopic (exact) mass is 515 g/mol. The van der Waals surface area contributed by atoms with Crippen LogP contribution in [-0.4, -0.2) is 51.5 Å². The van der Waals surface area contributed by atoms with Crippen molar-refractivity contribution in [2.24, 2.45) is 0 Å². The highest BCUT2D eigenvalue weighted by molar-refractivity contribution is 6.99. The van der Waals surface area contributed by atoms with Gasteiger partial charge in [-0.1, -0.05) is 93.6 Å². The van der Waals surface area contributed by atoms with Crippen LogP contribution in [0.25, 0.3) is 0 Å². The van der Waals surface area contributed by atoms with Gasteiger partial charge in [-0.05, 0) is 39.7 Å². The molecule has 0 radical (unpaired) electrons. The highest BCUT2D eigenvalue weighted by Crippen LogP contribution is 2.38. The van der Waals surface area contributed by atoms with Gasteiger partial charge in [0, 0.05) is 13.5 Å². The number of carbonyl (C=O) groups is 1.